The van der Waals surface area contributed by atoms with Crippen LogP contribution in [0.15, 0.2) is 6.07 Å². The van der Waals surface area contributed by atoms with E-state index in [9.17, 15) is 0 Å². The molecule has 2 fully saturated rings. The summed E-state index contributed by atoms with van der Waals surface area (Å²) in [6, 6.07) is 2.60. The van der Waals surface area contributed by atoms with Gasteiger partial charge in [0.1, 0.15) is 16.8 Å². The van der Waals surface area contributed by atoms with Crippen molar-refractivity contribution in [3.8, 4) is 0 Å². The van der Waals surface area contributed by atoms with E-state index in [4.69, 9.17) is 11.6 Å². The standard InChI is InChI=1S/C12H16ClN3/c1-2-11-14-10(13)6-12(15-11)16-7-8-3-4-9(16)5-8/h6,8-9H,2-5,7H2,1H3. The van der Waals surface area contributed by atoms with E-state index in [1.54, 1.807) is 0 Å². The van der Waals surface area contributed by atoms with Crippen molar-refractivity contribution >= 4 is 17.4 Å². The summed E-state index contributed by atoms with van der Waals surface area (Å²) in [6.07, 6.45) is 4.88. The minimum Gasteiger partial charge on any atom is -0.353 e. The van der Waals surface area contributed by atoms with Gasteiger partial charge in [-0.3, -0.25) is 0 Å². The normalized spacial score (nSPS) is 27.8. The fraction of sp³-hybridized carbons (Fsp3) is 0.667. The molecule has 4 heteroatoms. The summed E-state index contributed by atoms with van der Waals surface area (Å²) >= 11 is 6.03. The molecule has 2 heterocycles. The lowest BCUT2D eigenvalue weighted by atomic mass is 10.1. The Morgan fingerprint density at radius 1 is 1.44 bits per heavy atom. The summed E-state index contributed by atoms with van der Waals surface area (Å²) in [7, 11) is 0. The lowest BCUT2D eigenvalue weighted by molar-refractivity contribution is 0.549. The SMILES string of the molecule is CCc1nc(Cl)cc(N2CC3CCC2C3)n1. The maximum absolute atomic E-state index is 6.03. The van der Waals surface area contributed by atoms with E-state index in [0.29, 0.717) is 11.2 Å². The summed E-state index contributed by atoms with van der Waals surface area (Å²) in [4.78, 5) is 11.2. The van der Waals surface area contributed by atoms with E-state index in [1.807, 2.05) is 6.07 Å². The molecule has 0 N–H and O–H groups in total. The van der Waals surface area contributed by atoms with Crippen molar-refractivity contribution in [1.82, 2.24) is 9.97 Å². The number of anilines is 1. The first-order valence-corrected chi connectivity index (χ1v) is 6.44. The number of aromatic nitrogens is 2. The first kappa shape index (κ1) is 10.3. The van der Waals surface area contributed by atoms with Crippen LogP contribution < -0.4 is 4.90 Å². The Bertz CT molecular complexity index is 407. The van der Waals surface area contributed by atoms with Crippen LogP contribution in [0.2, 0.25) is 5.15 Å². The predicted molar refractivity (Wildman–Crippen MR) is 64.9 cm³/mol. The minimum atomic E-state index is 0.574. The number of piperidine rings is 1. The number of aryl methyl sites for hydroxylation is 1. The molecule has 1 saturated heterocycles. The number of hydrogen-bond donors (Lipinski definition) is 0. The molecule has 0 aromatic carbocycles. The molecule has 2 bridgehead atoms. The van der Waals surface area contributed by atoms with Gasteiger partial charge in [-0.2, -0.15) is 0 Å². The van der Waals surface area contributed by atoms with Crippen molar-refractivity contribution < 1.29 is 0 Å². The third-order valence-electron chi connectivity index (χ3n) is 3.75. The molecule has 3 rings (SSSR count). The highest BCUT2D eigenvalue weighted by Gasteiger charge is 2.38. The average Bonchev–Trinajstić information content (AvgIpc) is 2.89. The highest BCUT2D eigenvalue weighted by molar-refractivity contribution is 6.29. The van der Waals surface area contributed by atoms with Crippen LogP contribution in [0.1, 0.15) is 32.0 Å². The summed E-state index contributed by atoms with van der Waals surface area (Å²) in [6.45, 7) is 3.22. The number of halogens is 1. The van der Waals surface area contributed by atoms with Gasteiger partial charge in [0.25, 0.3) is 0 Å². The Kier molecular flexibility index (Phi) is 2.51. The molecule has 86 valence electrons. The molecule has 2 aliphatic rings. The zero-order valence-corrected chi connectivity index (χ0v) is 10.2. The molecule has 16 heavy (non-hydrogen) atoms. The van der Waals surface area contributed by atoms with Gasteiger partial charge in [-0.1, -0.05) is 18.5 Å². The zero-order chi connectivity index (χ0) is 11.1. The molecule has 1 aliphatic heterocycles. The van der Waals surface area contributed by atoms with Crippen LogP contribution in [-0.2, 0) is 6.42 Å². The fourth-order valence-electron chi connectivity index (χ4n) is 2.96. The third kappa shape index (κ3) is 1.67. The largest absolute Gasteiger partial charge is 0.353 e. The van der Waals surface area contributed by atoms with E-state index in [1.165, 1.54) is 19.3 Å². The van der Waals surface area contributed by atoms with Crippen LogP contribution in [0.5, 0.6) is 0 Å². The van der Waals surface area contributed by atoms with Gasteiger partial charge >= 0.3 is 0 Å². The topological polar surface area (TPSA) is 29.0 Å². The summed E-state index contributed by atoms with van der Waals surface area (Å²) in [5, 5.41) is 0.574. The van der Waals surface area contributed by atoms with Crippen molar-refractivity contribution in [2.75, 3.05) is 11.4 Å². The van der Waals surface area contributed by atoms with Crippen LogP contribution in [0.3, 0.4) is 0 Å². The number of rotatable bonds is 2. The van der Waals surface area contributed by atoms with E-state index in [-0.39, 0.29) is 0 Å². The maximum Gasteiger partial charge on any atom is 0.134 e. The lowest BCUT2D eigenvalue weighted by Crippen LogP contribution is -2.32. The Hall–Kier alpha value is -0.830. The van der Waals surface area contributed by atoms with Crippen molar-refractivity contribution in [2.45, 2.75) is 38.6 Å². The molecule has 3 nitrogen and oxygen atoms in total. The molecule has 0 spiro atoms. The Morgan fingerprint density at radius 2 is 2.31 bits per heavy atom. The van der Waals surface area contributed by atoms with Gasteiger partial charge in [-0.25, -0.2) is 9.97 Å². The van der Waals surface area contributed by atoms with Gasteiger partial charge < -0.3 is 4.90 Å². The van der Waals surface area contributed by atoms with Crippen molar-refractivity contribution in [2.24, 2.45) is 5.92 Å². The lowest BCUT2D eigenvalue weighted by Gasteiger charge is -2.28. The summed E-state index contributed by atoms with van der Waals surface area (Å²) in [5.74, 6) is 2.76. The smallest absolute Gasteiger partial charge is 0.134 e. The van der Waals surface area contributed by atoms with Crippen LogP contribution in [0.4, 0.5) is 5.82 Å². The van der Waals surface area contributed by atoms with Crippen LogP contribution >= 0.6 is 11.6 Å². The van der Waals surface area contributed by atoms with Crippen molar-refractivity contribution in [3.63, 3.8) is 0 Å². The third-order valence-corrected chi connectivity index (χ3v) is 3.94. The molecule has 1 saturated carbocycles. The number of hydrogen-bond acceptors (Lipinski definition) is 3. The van der Waals surface area contributed by atoms with Gasteiger partial charge in [-0.15, -0.1) is 0 Å². The van der Waals surface area contributed by atoms with E-state index in [2.05, 4.69) is 21.8 Å². The van der Waals surface area contributed by atoms with Gasteiger partial charge in [0, 0.05) is 25.1 Å². The minimum absolute atomic E-state index is 0.574. The first-order valence-electron chi connectivity index (χ1n) is 6.06. The van der Waals surface area contributed by atoms with Crippen molar-refractivity contribution in [3.05, 3.63) is 17.0 Å². The summed E-state index contributed by atoms with van der Waals surface area (Å²) < 4.78 is 0. The Morgan fingerprint density at radius 3 is 2.94 bits per heavy atom. The van der Waals surface area contributed by atoms with Crippen LogP contribution in [0, 0.1) is 5.92 Å². The quantitative estimate of drug-likeness (QED) is 0.741. The molecule has 0 radical (unpaired) electrons. The van der Waals surface area contributed by atoms with E-state index < -0.39 is 0 Å². The molecular formula is C12H16ClN3. The van der Waals surface area contributed by atoms with Crippen LogP contribution in [-0.4, -0.2) is 22.6 Å². The Labute approximate surface area is 101 Å². The first-order chi connectivity index (χ1) is 7.76. The van der Waals surface area contributed by atoms with Crippen molar-refractivity contribution in [1.29, 1.82) is 0 Å². The number of nitrogens with zero attached hydrogens (tertiary/aromatic N) is 3. The molecule has 1 aromatic heterocycles. The van der Waals surface area contributed by atoms with Gasteiger partial charge in [0.05, 0.1) is 0 Å². The highest BCUT2D eigenvalue weighted by Crippen LogP contribution is 2.39. The number of fused-ring (bicyclic) bond motifs is 2. The molecule has 1 aromatic rings. The van der Waals surface area contributed by atoms with Gasteiger partial charge in [0.2, 0.25) is 0 Å². The van der Waals surface area contributed by atoms with E-state index in [0.717, 1.165) is 30.5 Å². The molecule has 2 unspecified atom stereocenters. The van der Waals surface area contributed by atoms with E-state index >= 15 is 0 Å². The molecule has 2 atom stereocenters. The second-order valence-corrected chi connectivity index (χ2v) is 5.19. The summed E-state index contributed by atoms with van der Waals surface area (Å²) in [5.41, 5.74) is 0. The highest BCUT2D eigenvalue weighted by atomic mass is 35.5. The second kappa shape index (κ2) is 3.88. The molecular weight excluding hydrogens is 222 g/mol. The average molecular weight is 238 g/mol. The predicted octanol–water partition coefficient (Wildman–Crippen LogP) is 2.68. The molecule has 0 amide bonds. The van der Waals surface area contributed by atoms with Gasteiger partial charge in [-0.05, 0) is 25.2 Å². The zero-order valence-electron chi connectivity index (χ0n) is 9.49. The van der Waals surface area contributed by atoms with Crippen LogP contribution in [0.25, 0.3) is 0 Å². The molecule has 1 aliphatic carbocycles. The maximum atomic E-state index is 6.03. The second-order valence-electron chi connectivity index (χ2n) is 4.80. The van der Waals surface area contributed by atoms with Gasteiger partial charge in [0.15, 0.2) is 0 Å². The Balaban J connectivity index is 1.91. The fourth-order valence-corrected chi connectivity index (χ4v) is 3.16. The monoisotopic (exact) mass is 237 g/mol.